The first-order valence-corrected chi connectivity index (χ1v) is 9.02. The normalized spacial score (nSPS) is 14.9. The van der Waals surface area contributed by atoms with Gasteiger partial charge in [-0.25, -0.2) is 4.98 Å². The molecule has 7 heteroatoms. The Hall–Kier alpha value is -1.14. The van der Waals surface area contributed by atoms with Crippen LogP contribution in [-0.4, -0.2) is 24.0 Å². The van der Waals surface area contributed by atoms with Gasteiger partial charge in [0.15, 0.2) is 5.13 Å². The molecule has 0 radical (unpaired) electrons. The first-order chi connectivity index (χ1) is 11.1. The number of thiazole rings is 1. The molecule has 2 aromatic rings. The SMILES string of the molecule is Cc1ccc(Cc2cnc(NC(=O)C3CCNCC3)s2)cc1Cl.Cl. The summed E-state index contributed by atoms with van der Waals surface area (Å²) in [5.74, 6) is 0.185. The van der Waals surface area contributed by atoms with Crippen molar-refractivity contribution in [1.82, 2.24) is 10.3 Å². The number of nitrogens with zero attached hydrogens (tertiary/aromatic N) is 1. The van der Waals surface area contributed by atoms with E-state index in [0.717, 1.165) is 53.4 Å². The first kappa shape index (κ1) is 19.2. The van der Waals surface area contributed by atoms with Gasteiger partial charge in [-0.15, -0.1) is 23.7 Å². The van der Waals surface area contributed by atoms with Crippen LogP contribution in [0, 0.1) is 12.8 Å². The maximum Gasteiger partial charge on any atom is 0.229 e. The number of aryl methyl sites for hydroxylation is 1. The minimum absolute atomic E-state index is 0. The van der Waals surface area contributed by atoms with Crippen molar-refractivity contribution in [1.29, 1.82) is 0 Å². The van der Waals surface area contributed by atoms with Crippen LogP contribution in [0.15, 0.2) is 24.4 Å². The van der Waals surface area contributed by atoms with Crippen molar-refractivity contribution in [2.75, 3.05) is 18.4 Å². The second-order valence-corrected chi connectivity index (χ2v) is 7.43. The minimum Gasteiger partial charge on any atom is -0.317 e. The molecule has 2 heterocycles. The molecule has 1 fully saturated rings. The molecule has 1 saturated heterocycles. The van der Waals surface area contributed by atoms with Crippen LogP contribution in [0.3, 0.4) is 0 Å². The predicted molar refractivity (Wildman–Crippen MR) is 103 cm³/mol. The van der Waals surface area contributed by atoms with Gasteiger partial charge in [-0.3, -0.25) is 4.79 Å². The molecule has 0 bridgehead atoms. The lowest BCUT2D eigenvalue weighted by Gasteiger charge is -2.20. The average Bonchev–Trinajstić information content (AvgIpc) is 2.99. The molecular weight excluding hydrogens is 365 g/mol. The van der Waals surface area contributed by atoms with Gasteiger partial charge < -0.3 is 10.6 Å². The number of rotatable bonds is 4. The van der Waals surface area contributed by atoms with Gasteiger partial charge in [0.25, 0.3) is 0 Å². The Morgan fingerprint density at radius 3 is 2.88 bits per heavy atom. The number of anilines is 1. The second kappa shape index (κ2) is 8.81. The molecule has 1 aliphatic heterocycles. The molecule has 1 aromatic heterocycles. The molecule has 1 aromatic carbocycles. The van der Waals surface area contributed by atoms with Crippen LogP contribution in [0.2, 0.25) is 5.02 Å². The van der Waals surface area contributed by atoms with Crippen molar-refractivity contribution in [3.8, 4) is 0 Å². The molecule has 24 heavy (non-hydrogen) atoms. The van der Waals surface area contributed by atoms with Crippen LogP contribution < -0.4 is 10.6 Å². The van der Waals surface area contributed by atoms with Crippen molar-refractivity contribution in [3.05, 3.63) is 45.4 Å². The average molecular weight is 386 g/mol. The van der Waals surface area contributed by atoms with Crippen LogP contribution in [0.5, 0.6) is 0 Å². The van der Waals surface area contributed by atoms with E-state index in [1.807, 2.05) is 25.3 Å². The van der Waals surface area contributed by atoms with Crippen LogP contribution in [0.1, 0.15) is 28.8 Å². The summed E-state index contributed by atoms with van der Waals surface area (Å²) >= 11 is 7.69. The molecule has 0 unspecified atom stereocenters. The third-order valence-corrected chi connectivity index (χ3v) is 5.43. The molecule has 0 saturated carbocycles. The van der Waals surface area contributed by atoms with Crippen LogP contribution in [0.4, 0.5) is 5.13 Å². The van der Waals surface area contributed by atoms with Crippen molar-refractivity contribution < 1.29 is 4.79 Å². The molecular formula is C17H21Cl2N3OS. The molecule has 4 nitrogen and oxygen atoms in total. The lowest BCUT2D eigenvalue weighted by molar-refractivity contribution is -0.120. The number of amides is 1. The summed E-state index contributed by atoms with van der Waals surface area (Å²) in [5, 5.41) is 7.69. The fourth-order valence-electron chi connectivity index (χ4n) is 2.69. The largest absolute Gasteiger partial charge is 0.317 e. The lowest BCUT2D eigenvalue weighted by Crippen LogP contribution is -2.34. The predicted octanol–water partition coefficient (Wildman–Crippen LogP) is 4.06. The van der Waals surface area contributed by atoms with E-state index in [1.54, 1.807) is 0 Å². The number of halogens is 2. The molecule has 130 valence electrons. The highest BCUT2D eigenvalue weighted by Crippen LogP contribution is 2.25. The van der Waals surface area contributed by atoms with E-state index >= 15 is 0 Å². The van der Waals surface area contributed by atoms with Gasteiger partial charge in [-0.1, -0.05) is 23.7 Å². The van der Waals surface area contributed by atoms with Crippen LogP contribution in [-0.2, 0) is 11.2 Å². The van der Waals surface area contributed by atoms with Crippen LogP contribution >= 0.6 is 35.3 Å². The number of hydrogen-bond acceptors (Lipinski definition) is 4. The van der Waals surface area contributed by atoms with E-state index in [1.165, 1.54) is 11.3 Å². The van der Waals surface area contributed by atoms with Crippen molar-refractivity contribution in [2.45, 2.75) is 26.2 Å². The second-order valence-electron chi connectivity index (χ2n) is 5.91. The molecule has 2 N–H and O–H groups in total. The summed E-state index contributed by atoms with van der Waals surface area (Å²) in [6.07, 6.45) is 4.40. The van der Waals surface area contributed by atoms with E-state index in [4.69, 9.17) is 11.6 Å². The lowest BCUT2D eigenvalue weighted by atomic mass is 9.97. The van der Waals surface area contributed by atoms with E-state index in [2.05, 4.69) is 21.7 Å². The minimum atomic E-state index is 0. The maximum absolute atomic E-state index is 12.2. The number of nitrogens with one attached hydrogen (secondary N) is 2. The summed E-state index contributed by atoms with van der Waals surface area (Å²) in [6, 6.07) is 6.09. The Morgan fingerprint density at radius 1 is 1.42 bits per heavy atom. The molecule has 0 aliphatic carbocycles. The summed E-state index contributed by atoms with van der Waals surface area (Å²) in [4.78, 5) is 17.7. The van der Waals surface area contributed by atoms with E-state index in [9.17, 15) is 4.79 Å². The van der Waals surface area contributed by atoms with E-state index in [0.29, 0.717) is 5.13 Å². The van der Waals surface area contributed by atoms with Gasteiger partial charge >= 0.3 is 0 Å². The molecule has 0 atom stereocenters. The Kier molecular flexibility index (Phi) is 7.04. The Morgan fingerprint density at radius 2 is 2.17 bits per heavy atom. The number of carbonyl (C=O) groups is 1. The zero-order valence-electron chi connectivity index (χ0n) is 13.5. The number of carbonyl (C=O) groups excluding carboxylic acids is 1. The van der Waals surface area contributed by atoms with Gasteiger partial charge in [0.1, 0.15) is 0 Å². The number of piperidine rings is 1. The van der Waals surface area contributed by atoms with Crippen molar-refractivity contribution in [3.63, 3.8) is 0 Å². The fourth-order valence-corrected chi connectivity index (χ4v) is 3.74. The van der Waals surface area contributed by atoms with Gasteiger partial charge in [0.2, 0.25) is 5.91 Å². The summed E-state index contributed by atoms with van der Waals surface area (Å²) < 4.78 is 0. The van der Waals surface area contributed by atoms with E-state index in [-0.39, 0.29) is 24.2 Å². The van der Waals surface area contributed by atoms with E-state index < -0.39 is 0 Å². The number of aromatic nitrogens is 1. The Labute approximate surface area is 157 Å². The number of benzene rings is 1. The third kappa shape index (κ3) is 4.93. The monoisotopic (exact) mass is 385 g/mol. The number of hydrogen-bond donors (Lipinski definition) is 2. The third-order valence-electron chi connectivity index (χ3n) is 4.11. The Balaban J connectivity index is 0.00000208. The summed E-state index contributed by atoms with van der Waals surface area (Å²) in [7, 11) is 0. The molecule has 3 rings (SSSR count). The van der Waals surface area contributed by atoms with Crippen molar-refractivity contribution in [2.24, 2.45) is 5.92 Å². The zero-order chi connectivity index (χ0) is 16.2. The highest BCUT2D eigenvalue weighted by atomic mass is 35.5. The van der Waals surface area contributed by atoms with Crippen LogP contribution in [0.25, 0.3) is 0 Å². The first-order valence-electron chi connectivity index (χ1n) is 7.83. The quantitative estimate of drug-likeness (QED) is 0.834. The highest BCUT2D eigenvalue weighted by molar-refractivity contribution is 7.15. The Bertz CT molecular complexity index is 699. The smallest absolute Gasteiger partial charge is 0.229 e. The molecule has 1 amide bonds. The maximum atomic E-state index is 12.2. The topological polar surface area (TPSA) is 54.0 Å². The van der Waals surface area contributed by atoms with Gasteiger partial charge in [0.05, 0.1) is 0 Å². The van der Waals surface area contributed by atoms with Crippen molar-refractivity contribution >= 4 is 46.4 Å². The van der Waals surface area contributed by atoms with Gasteiger partial charge in [-0.2, -0.15) is 0 Å². The molecule has 1 aliphatic rings. The standard InChI is InChI=1S/C17H20ClN3OS.ClH/c1-11-2-3-12(9-15(11)18)8-14-10-20-17(23-14)21-16(22)13-4-6-19-7-5-13;/h2-3,9-10,13,19H,4-8H2,1H3,(H,20,21,22);1H. The van der Waals surface area contributed by atoms with Gasteiger partial charge in [-0.05, 0) is 50.0 Å². The fraction of sp³-hybridized carbons (Fsp3) is 0.412. The van der Waals surface area contributed by atoms with Gasteiger partial charge in [0, 0.05) is 28.4 Å². The summed E-state index contributed by atoms with van der Waals surface area (Å²) in [6.45, 7) is 3.82. The zero-order valence-corrected chi connectivity index (χ0v) is 15.9. The summed E-state index contributed by atoms with van der Waals surface area (Å²) in [5.41, 5.74) is 2.23. The molecule has 0 spiro atoms. The highest BCUT2D eigenvalue weighted by Gasteiger charge is 2.21.